The zero-order chi connectivity index (χ0) is 31.8. The van der Waals surface area contributed by atoms with E-state index in [1.165, 1.54) is 0 Å². The highest BCUT2D eigenvalue weighted by atomic mass is 19.2. The molecule has 0 saturated heterocycles. The van der Waals surface area contributed by atoms with Crippen LogP contribution in [-0.2, 0) is 23.9 Å². The lowest BCUT2D eigenvalue weighted by atomic mass is 9.96. The molecule has 0 bridgehead atoms. The molecule has 0 fully saturated rings. The molecule has 1 rings (SSSR count). The van der Waals surface area contributed by atoms with E-state index >= 15 is 0 Å². The summed E-state index contributed by atoms with van der Waals surface area (Å²) < 4.78 is 126. The maximum Gasteiger partial charge on any atom is 0.326 e. The third kappa shape index (κ3) is 11.7. The molecule has 5 unspecified atom stereocenters. The van der Waals surface area contributed by atoms with Gasteiger partial charge in [0.1, 0.15) is 6.04 Å². The van der Waals surface area contributed by atoms with Gasteiger partial charge in [0.2, 0.25) is 0 Å². The number of carbonyl (C=O) groups is 4. The average Bonchev–Trinajstić information content (AvgIpc) is 2.99. The van der Waals surface area contributed by atoms with Crippen LogP contribution in [0.25, 0.3) is 0 Å². The number of ether oxygens (including phenoxy) is 1. The molecule has 0 aromatic rings. The molecule has 9 nitrogen and oxygen atoms in total. The van der Waals surface area contributed by atoms with Gasteiger partial charge in [0, 0.05) is 32.7 Å². The minimum atomic E-state index is -3.27. The van der Waals surface area contributed by atoms with Crippen LogP contribution in [0.3, 0.4) is 0 Å². The number of esters is 1. The fourth-order valence-corrected chi connectivity index (χ4v) is 3.88. The summed E-state index contributed by atoms with van der Waals surface area (Å²) in [4.78, 5) is 47.5. The van der Waals surface area contributed by atoms with Gasteiger partial charge in [-0.1, -0.05) is 0 Å². The van der Waals surface area contributed by atoms with E-state index < -0.39 is 99.0 Å². The number of unbranched alkanes of at least 4 members (excludes halogenated alkanes) is 1. The van der Waals surface area contributed by atoms with Gasteiger partial charge in [-0.05, 0) is 32.1 Å². The number of nitrogens with zero attached hydrogens (tertiary/aromatic N) is 2. The highest BCUT2D eigenvalue weighted by molar-refractivity contribution is 5.78. The standard InChI is InChI=1S/C24H33F9N4O5/c25-11-15(38)34-6-3-9-36(17(40)13-27)8-2-1-5-14(37(33)10-4-7-35-16(39)12-26)24(41)42-23-21(31)19(29)18(28)20(30)22(23)32/h14,19,21-23H,1-13H2,(H,34,38)(H,35,39). The summed E-state index contributed by atoms with van der Waals surface area (Å²) in [5.41, 5.74) is 0. The molecule has 0 heterocycles. The normalized spacial score (nSPS) is 21.2. The van der Waals surface area contributed by atoms with E-state index in [0.29, 0.717) is 0 Å². The average molecular weight is 629 g/mol. The molecule has 0 aromatic heterocycles. The Morgan fingerprint density at radius 1 is 0.762 bits per heavy atom. The van der Waals surface area contributed by atoms with Crippen LogP contribution in [0.1, 0.15) is 32.1 Å². The number of alkyl halides is 6. The molecule has 1 aliphatic rings. The third-order valence-corrected chi connectivity index (χ3v) is 6.12. The molecular formula is C24H33F9N4O5. The number of allylic oxidation sites excluding steroid dienone is 1. The van der Waals surface area contributed by atoms with Crippen molar-refractivity contribution in [2.45, 2.75) is 62.8 Å². The Bertz CT molecular complexity index is 933. The van der Waals surface area contributed by atoms with E-state index in [1.807, 2.05) is 0 Å². The Kier molecular flexibility index (Phi) is 16.9. The number of halogens is 9. The van der Waals surface area contributed by atoms with Crippen molar-refractivity contribution in [3.05, 3.63) is 11.7 Å². The first-order valence-electron chi connectivity index (χ1n) is 13.0. The molecule has 242 valence electrons. The Morgan fingerprint density at radius 3 is 1.83 bits per heavy atom. The van der Waals surface area contributed by atoms with Crippen molar-refractivity contribution in [1.82, 2.24) is 20.7 Å². The van der Waals surface area contributed by atoms with Crippen molar-refractivity contribution in [3.63, 3.8) is 0 Å². The Labute approximate surface area is 235 Å². The lowest BCUT2D eigenvalue weighted by molar-refractivity contribution is -0.174. The van der Waals surface area contributed by atoms with Crippen LogP contribution in [0.4, 0.5) is 39.6 Å². The maximum absolute atomic E-state index is 14.9. The van der Waals surface area contributed by atoms with Crippen molar-refractivity contribution in [3.8, 4) is 0 Å². The van der Waals surface area contributed by atoms with Crippen LogP contribution >= 0.6 is 0 Å². The first-order chi connectivity index (χ1) is 19.9. The number of hydrogen-bond donors (Lipinski definition) is 2. The smallest absolute Gasteiger partial charge is 0.326 e. The van der Waals surface area contributed by atoms with Gasteiger partial charge >= 0.3 is 5.97 Å². The maximum atomic E-state index is 14.9. The predicted octanol–water partition coefficient (Wildman–Crippen LogP) is 2.55. The minimum absolute atomic E-state index is 0.0129. The second-order valence-corrected chi connectivity index (χ2v) is 9.17. The molecule has 0 aromatic carbocycles. The van der Waals surface area contributed by atoms with Crippen LogP contribution in [0.15, 0.2) is 11.7 Å². The van der Waals surface area contributed by atoms with Gasteiger partial charge in [0.05, 0.1) is 0 Å². The van der Waals surface area contributed by atoms with E-state index in [1.54, 1.807) is 0 Å². The summed E-state index contributed by atoms with van der Waals surface area (Å²) in [7, 11) is 0. The Balaban J connectivity index is 2.85. The molecule has 18 heteroatoms. The number of amides is 3. The molecule has 0 radical (unpaired) electrons. The largest absolute Gasteiger partial charge is 0.454 e. The van der Waals surface area contributed by atoms with Crippen LogP contribution in [0, 0.1) is 0 Å². The quantitative estimate of drug-likeness (QED) is 0.0986. The number of rotatable bonds is 19. The molecule has 5 atom stereocenters. The monoisotopic (exact) mass is 628 g/mol. The van der Waals surface area contributed by atoms with E-state index in [0.717, 1.165) is 4.90 Å². The third-order valence-electron chi connectivity index (χ3n) is 6.12. The lowest BCUT2D eigenvalue weighted by Crippen LogP contribution is -2.49. The second-order valence-electron chi connectivity index (χ2n) is 9.17. The first kappa shape index (κ1) is 37.0. The predicted molar refractivity (Wildman–Crippen MR) is 129 cm³/mol. The molecule has 1 aliphatic carbocycles. The fraction of sp³-hybridized carbons (Fsp3) is 0.750. The van der Waals surface area contributed by atoms with Crippen molar-refractivity contribution < 1.29 is 63.5 Å². The van der Waals surface area contributed by atoms with Gasteiger partial charge < -0.3 is 20.3 Å². The van der Waals surface area contributed by atoms with Gasteiger partial charge in [-0.3, -0.25) is 19.2 Å². The molecule has 42 heavy (non-hydrogen) atoms. The molecule has 0 aliphatic heterocycles. The molecule has 2 N–H and O–H groups in total. The minimum Gasteiger partial charge on any atom is -0.454 e. The molecule has 3 amide bonds. The van der Waals surface area contributed by atoms with Crippen LogP contribution in [0.2, 0.25) is 0 Å². The summed E-state index contributed by atoms with van der Waals surface area (Å²) in [6.45, 7) is -4.93. The zero-order valence-corrected chi connectivity index (χ0v) is 22.4. The number of nitrogens with one attached hydrogen (secondary N) is 2. The van der Waals surface area contributed by atoms with Gasteiger partial charge in [0.25, 0.3) is 17.7 Å². The Morgan fingerprint density at radius 2 is 1.29 bits per heavy atom. The lowest BCUT2D eigenvalue weighted by Gasteiger charge is -2.31. The van der Waals surface area contributed by atoms with E-state index in [4.69, 9.17) is 0 Å². The second kappa shape index (κ2) is 19.2. The SMILES string of the molecule is O=C(CF)NCCCN(CCCCC(C(=O)OC1C(F)C(F)=C(F)C(F)C1F)N(F)CCCNC(=O)CF)C(=O)CF. The summed E-state index contributed by atoms with van der Waals surface area (Å²) in [5.74, 6) is -9.09. The zero-order valence-electron chi connectivity index (χ0n) is 22.4. The first-order valence-corrected chi connectivity index (χ1v) is 13.0. The highest BCUT2D eigenvalue weighted by Crippen LogP contribution is 2.36. The Hall–Kier alpha value is -3.05. The number of hydrogen-bond acceptors (Lipinski definition) is 6. The topological polar surface area (TPSA) is 108 Å². The van der Waals surface area contributed by atoms with Gasteiger partial charge in [-0.15, -0.1) is 9.60 Å². The van der Waals surface area contributed by atoms with E-state index in [9.17, 15) is 58.8 Å². The summed E-state index contributed by atoms with van der Waals surface area (Å²) in [5, 5.41) is 4.19. The summed E-state index contributed by atoms with van der Waals surface area (Å²) in [6, 6.07) is -1.92. The van der Waals surface area contributed by atoms with Crippen molar-refractivity contribution in [1.29, 1.82) is 0 Å². The number of carbonyl (C=O) groups excluding carboxylic acids is 4. The van der Waals surface area contributed by atoms with Crippen molar-refractivity contribution in [2.24, 2.45) is 0 Å². The summed E-state index contributed by atoms with van der Waals surface area (Å²) >= 11 is 0. The van der Waals surface area contributed by atoms with E-state index in [-0.39, 0.29) is 57.0 Å². The van der Waals surface area contributed by atoms with Gasteiger partial charge in [-0.2, -0.15) is 0 Å². The highest BCUT2D eigenvalue weighted by Gasteiger charge is 2.50. The van der Waals surface area contributed by atoms with Gasteiger partial charge in [-0.25, -0.2) is 35.1 Å². The molecule has 0 spiro atoms. The summed E-state index contributed by atoms with van der Waals surface area (Å²) in [6.07, 6.45) is -12.9. The van der Waals surface area contributed by atoms with Crippen molar-refractivity contribution in [2.75, 3.05) is 52.7 Å². The van der Waals surface area contributed by atoms with Gasteiger partial charge in [0.15, 0.2) is 56.3 Å². The fourth-order valence-electron chi connectivity index (χ4n) is 3.88. The van der Waals surface area contributed by atoms with Crippen LogP contribution in [0.5, 0.6) is 0 Å². The molecule has 0 saturated carbocycles. The van der Waals surface area contributed by atoms with Crippen molar-refractivity contribution >= 4 is 23.7 Å². The van der Waals surface area contributed by atoms with Crippen LogP contribution in [-0.4, -0.2) is 117 Å². The van der Waals surface area contributed by atoms with Crippen LogP contribution < -0.4 is 10.6 Å². The van der Waals surface area contributed by atoms with E-state index in [2.05, 4.69) is 15.4 Å². The molecular weight excluding hydrogens is 595 g/mol.